The normalized spacial score (nSPS) is 8.69. The first kappa shape index (κ1) is 9.82. The Morgan fingerprint density at radius 1 is 1.54 bits per heavy atom. The van der Waals surface area contributed by atoms with E-state index in [4.69, 9.17) is 16.9 Å². The molecule has 0 aliphatic rings. The third-order valence-corrected chi connectivity index (χ3v) is 1.73. The van der Waals surface area contributed by atoms with Crippen LogP contribution in [0.1, 0.15) is 5.56 Å². The predicted octanol–water partition coefficient (Wildman–Crippen LogP) is 3.09. The van der Waals surface area contributed by atoms with Crippen molar-refractivity contribution < 1.29 is 4.39 Å². The molecule has 13 heavy (non-hydrogen) atoms. The first-order valence-electron chi connectivity index (χ1n) is 3.16. The van der Waals surface area contributed by atoms with Crippen LogP contribution >= 0.6 is 23.8 Å². The van der Waals surface area contributed by atoms with Crippen molar-refractivity contribution in [3.8, 4) is 6.07 Å². The van der Waals surface area contributed by atoms with Crippen LogP contribution in [0.15, 0.2) is 17.1 Å². The molecular weight excluding hydrogens is 211 g/mol. The number of isothiocyanates is 1. The Morgan fingerprint density at radius 3 is 2.77 bits per heavy atom. The molecule has 0 saturated heterocycles. The highest BCUT2D eigenvalue weighted by atomic mass is 35.5. The summed E-state index contributed by atoms with van der Waals surface area (Å²) in [6.07, 6.45) is 0. The van der Waals surface area contributed by atoms with E-state index in [-0.39, 0.29) is 16.3 Å². The maximum atomic E-state index is 13.1. The summed E-state index contributed by atoms with van der Waals surface area (Å²) in [5, 5.41) is 10.5. The van der Waals surface area contributed by atoms with Crippen molar-refractivity contribution in [3.05, 3.63) is 28.5 Å². The lowest BCUT2D eigenvalue weighted by atomic mass is 10.2. The molecule has 0 heterocycles. The number of thiocarbonyl (C=S) groups is 1. The van der Waals surface area contributed by atoms with Crippen molar-refractivity contribution in [1.29, 1.82) is 5.26 Å². The number of nitrogens with zero attached hydrogens (tertiary/aromatic N) is 2. The molecule has 0 bridgehead atoms. The third-order valence-electron chi connectivity index (χ3n) is 1.35. The molecule has 64 valence electrons. The Labute approximate surface area is 84.3 Å². The summed E-state index contributed by atoms with van der Waals surface area (Å²) in [5.74, 6) is -0.782. The van der Waals surface area contributed by atoms with E-state index in [1.807, 2.05) is 0 Å². The molecule has 0 fully saturated rings. The van der Waals surface area contributed by atoms with Crippen molar-refractivity contribution in [2.45, 2.75) is 0 Å². The van der Waals surface area contributed by atoms with E-state index >= 15 is 0 Å². The number of aliphatic imine (C=N–C) groups is 1. The Hall–Kier alpha value is -1.27. The van der Waals surface area contributed by atoms with Gasteiger partial charge < -0.3 is 0 Å². The predicted molar refractivity (Wildman–Crippen MR) is 50.8 cm³/mol. The number of hydrogen-bond acceptors (Lipinski definition) is 3. The number of rotatable bonds is 1. The second-order valence-electron chi connectivity index (χ2n) is 2.07. The van der Waals surface area contributed by atoms with Gasteiger partial charge in [0.15, 0.2) is 5.82 Å². The molecule has 5 heteroatoms. The molecular formula is C8H2ClFN2S. The Morgan fingerprint density at radius 2 is 2.23 bits per heavy atom. The highest BCUT2D eigenvalue weighted by Crippen LogP contribution is 2.26. The molecule has 0 aromatic heterocycles. The molecule has 0 N–H and O–H groups in total. The fraction of sp³-hybridized carbons (Fsp3) is 0. The van der Waals surface area contributed by atoms with Crippen LogP contribution in [-0.4, -0.2) is 5.16 Å². The molecule has 1 aromatic rings. The maximum absolute atomic E-state index is 13.1. The van der Waals surface area contributed by atoms with Gasteiger partial charge in [0, 0.05) is 0 Å². The van der Waals surface area contributed by atoms with Gasteiger partial charge in [-0.15, -0.1) is 0 Å². The van der Waals surface area contributed by atoms with Gasteiger partial charge in [-0.3, -0.25) is 0 Å². The van der Waals surface area contributed by atoms with Crippen molar-refractivity contribution in [3.63, 3.8) is 0 Å². The Bertz CT molecular complexity index is 433. The molecule has 0 aliphatic carbocycles. The van der Waals surface area contributed by atoms with Crippen LogP contribution in [0.2, 0.25) is 5.02 Å². The average molecular weight is 213 g/mol. The van der Waals surface area contributed by atoms with Crippen molar-refractivity contribution in [2.75, 3.05) is 0 Å². The largest absolute Gasteiger partial charge is 0.204 e. The van der Waals surface area contributed by atoms with Gasteiger partial charge in [-0.2, -0.15) is 10.3 Å². The molecule has 0 saturated carbocycles. The van der Waals surface area contributed by atoms with Gasteiger partial charge in [0.05, 0.1) is 15.9 Å². The lowest BCUT2D eigenvalue weighted by Crippen LogP contribution is -1.85. The Balaban J connectivity index is 3.49. The first-order valence-corrected chi connectivity index (χ1v) is 3.95. The molecule has 0 spiro atoms. The molecule has 0 radical (unpaired) electrons. The zero-order valence-electron chi connectivity index (χ0n) is 6.21. The van der Waals surface area contributed by atoms with E-state index in [0.717, 1.165) is 0 Å². The van der Waals surface area contributed by atoms with Crippen molar-refractivity contribution >= 4 is 34.7 Å². The molecule has 2 nitrogen and oxygen atoms in total. The number of halogens is 2. The maximum Gasteiger partial charge on any atom is 0.161 e. The van der Waals surface area contributed by atoms with E-state index in [2.05, 4.69) is 22.4 Å². The van der Waals surface area contributed by atoms with Crippen LogP contribution in [0.5, 0.6) is 0 Å². The lowest BCUT2D eigenvalue weighted by molar-refractivity contribution is 0.625. The van der Waals surface area contributed by atoms with E-state index in [1.54, 1.807) is 6.07 Å². The monoisotopic (exact) mass is 212 g/mol. The van der Waals surface area contributed by atoms with Crippen LogP contribution in [0.4, 0.5) is 10.1 Å². The minimum absolute atomic E-state index is 0.111. The molecule has 1 rings (SSSR count). The van der Waals surface area contributed by atoms with Crippen LogP contribution in [0.25, 0.3) is 0 Å². The molecule has 1 aromatic carbocycles. The van der Waals surface area contributed by atoms with E-state index in [9.17, 15) is 4.39 Å². The molecule has 0 unspecified atom stereocenters. The quantitative estimate of drug-likeness (QED) is 0.530. The van der Waals surface area contributed by atoms with Gasteiger partial charge >= 0.3 is 0 Å². The summed E-state index contributed by atoms with van der Waals surface area (Å²) in [6.45, 7) is 0. The van der Waals surface area contributed by atoms with E-state index < -0.39 is 5.82 Å². The highest BCUT2D eigenvalue weighted by Gasteiger charge is 2.10. The third kappa shape index (κ3) is 1.90. The van der Waals surface area contributed by atoms with Gasteiger partial charge in [0.25, 0.3) is 0 Å². The first-order chi connectivity index (χ1) is 6.20. The van der Waals surface area contributed by atoms with Crippen LogP contribution < -0.4 is 0 Å². The van der Waals surface area contributed by atoms with E-state index in [1.165, 1.54) is 12.1 Å². The summed E-state index contributed by atoms with van der Waals surface area (Å²) in [6, 6.07) is 4.36. The smallest absolute Gasteiger partial charge is 0.161 e. The van der Waals surface area contributed by atoms with Crippen LogP contribution in [-0.2, 0) is 0 Å². The molecule has 0 amide bonds. The number of benzene rings is 1. The number of nitriles is 1. The number of hydrogen-bond donors (Lipinski definition) is 0. The fourth-order valence-electron chi connectivity index (χ4n) is 0.789. The van der Waals surface area contributed by atoms with Crippen LogP contribution in [0.3, 0.4) is 0 Å². The van der Waals surface area contributed by atoms with Gasteiger partial charge in [-0.1, -0.05) is 11.6 Å². The second kappa shape index (κ2) is 4.11. The summed E-state index contributed by atoms with van der Waals surface area (Å²) in [4.78, 5) is 3.52. The van der Waals surface area contributed by atoms with Gasteiger partial charge in [-0.05, 0) is 24.4 Å². The topological polar surface area (TPSA) is 36.1 Å². The van der Waals surface area contributed by atoms with Crippen molar-refractivity contribution in [2.24, 2.45) is 4.99 Å². The minimum atomic E-state index is -0.782. The summed E-state index contributed by atoms with van der Waals surface area (Å²) in [7, 11) is 0. The fourth-order valence-corrected chi connectivity index (χ4v) is 1.04. The van der Waals surface area contributed by atoms with Gasteiger partial charge in [0.1, 0.15) is 11.6 Å². The SMILES string of the molecule is N#Cc1c(N=C=S)ccc(Cl)c1F. The van der Waals surface area contributed by atoms with E-state index in [0.29, 0.717) is 0 Å². The minimum Gasteiger partial charge on any atom is -0.204 e. The lowest BCUT2D eigenvalue weighted by Gasteiger charge is -1.98. The molecule has 0 atom stereocenters. The Kier molecular flexibility index (Phi) is 3.10. The average Bonchev–Trinajstić information content (AvgIpc) is 2.12. The highest BCUT2D eigenvalue weighted by molar-refractivity contribution is 7.78. The van der Waals surface area contributed by atoms with Gasteiger partial charge in [0.2, 0.25) is 0 Å². The van der Waals surface area contributed by atoms with Crippen LogP contribution in [0, 0.1) is 17.1 Å². The zero-order chi connectivity index (χ0) is 9.84. The second-order valence-corrected chi connectivity index (χ2v) is 2.66. The van der Waals surface area contributed by atoms with Crippen molar-refractivity contribution in [1.82, 2.24) is 0 Å². The summed E-state index contributed by atoms with van der Waals surface area (Å²) < 4.78 is 13.1. The summed E-state index contributed by atoms with van der Waals surface area (Å²) >= 11 is 9.79. The standard InChI is InChI=1S/C8H2ClFN2S/c9-6-1-2-7(12-4-13)5(3-11)8(6)10/h1-2H. The molecule has 0 aliphatic heterocycles. The zero-order valence-corrected chi connectivity index (χ0v) is 7.79. The van der Waals surface area contributed by atoms with Gasteiger partial charge in [-0.25, -0.2) is 4.39 Å². The summed E-state index contributed by atoms with van der Waals surface area (Å²) in [5.41, 5.74) is -0.0794.